The van der Waals surface area contributed by atoms with E-state index in [1.165, 1.54) is 12.1 Å². The first-order valence-corrected chi connectivity index (χ1v) is 10.3. The van der Waals surface area contributed by atoms with Gasteiger partial charge in [0.05, 0.1) is 10.6 Å². The highest BCUT2D eigenvalue weighted by atomic mass is 35.5. The lowest BCUT2D eigenvalue weighted by Gasteiger charge is -2.24. The highest BCUT2D eigenvalue weighted by Crippen LogP contribution is 2.25. The van der Waals surface area contributed by atoms with E-state index >= 15 is 0 Å². The molecule has 0 spiro atoms. The number of benzene rings is 2. The van der Waals surface area contributed by atoms with Crippen molar-refractivity contribution in [3.63, 3.8) is 0 Å². The van der Waals surface area contributed by atoms with E-state index in [0.29, 0.717) is 23.8 Å². The number of likely N-dealkylation sites (N-methyl/N-ethyl adjacent to an activating group) is 1. The van der Waals surface area contributed by atoms with Crippen molar-refractivity contribution in [2.75, 3.05) is 38.0 Å². The van der Waals surface area contributed by atoms with E-state index in [-0.39, 0.29) is 17.3 Å². The van der Waals surface area contributed by atoms with Gasteiger partial charge in [0.15, 0.2) is 0 Å². The van der Waals surface area contributed by atoms with Crippen LogP contribution in [0.3, 0.4) is 0 Å². The van der Waals surface area contributed by atoms with Crippen LogP contribution in [-0.2, 0) is 14.8 Å². The van der Waals surface area contributed by atoms with Crippen molar-refractivity contribution >= 4 is 33.2 Å². The molecule has 0 bridgehead atoms. The second-order valence-electron chi connectivity index (χ2n) is 6.45. The number of carbonyl (C=O) groups is 1. The smallest absolute Gasteiger partial charge is 0.264 e. The number of amides is 1. The molecule has 6 nitrogen and oxygen atoms in total. The Bertz CT molecular complexity index is 866. The molecule has 0 saturated heterocycles. The second kappa shape index (κ2) is 9.21. The van der Waals surface area contributed by atoms with Gasteiger partial charge in [0.2, 0.25) is 5.91 Å². The van der Waals surface area contributed by atoms with E-state index in [1.807, 2.05) is 25.9 Å². The van der Waals surface area contributed by atoms with E-state index in [2.05, 4.69) is 5.32 Å². The maximum atomic E-state index is 13.2. The molecule has 0 aliphatic heterocycles. The van der Waals surface area contributed by atoms with Gasteiger partial charge in [-0.25, -0.2) is 8.42 Å². The fraction of sp³-hybridized carbons (Fsp3) is 0.316. The van der Waals surface area contributed by atoms with Crippen molar-refractivity contribution in [2.45, 2.75) is 11.8 Å². The van der Waals surface area contributed by atoms with Crippen LogP contribution in [0, 0.1) is 6.92 Å². The zero-order valence-electron chi connectivity index (χ0n) is 15.6. The van der Waals surface area contributed by atoms with Crippen LogP contribution in [0.4, 0.5) is 5.69 Å². The summed E-state index contributed by atoms with van der Waals surface area (Å²) in [6.07, 6.45) is 0. The molecule has 0 saturated carbocycles. The first-order chi connectivity index (χ1) is 12.7. The predicted molar refractivity (Wildman–Crippen MR) is 109 cm³/mol. The Labute approximate surface area is 165 Å². The molecule has 0 atom stereocenters. The summed E-state index contributed by atoms with van der Waals surface area (Å²) in [6, 6.07) is 12.9. The average molecular weight is 410 g/mol. The molecule has 0 radical (unpaired) electrons. The third-order valence-electron chi connectivity index (χ3n) is 3.89. The molecule has 2 aromatic rings. The summed E-state index contributed by atoms with van der Waals surface area (Å²) in [5.74, 6) is -0.373. The van der Waals surface area contributed by atoms with Gasteiger partial charge in [-0.3, -0.25) is 9.10 Å². The average Bonchev–Trinajstić information content (AvgIpc) is 2.60. The lowest BCUT2D eigenvalue weighted by Crippen LogP contribution is -2.42. The van der Waals surface area contributed by atoms with Gasteiger partial charge in [-0.15, -0.1) is 0 Å². The zero-order valence-corrected chi connectivity index (χ0v) is 17.2. The monoisotopic (exact) mass is 409 g/mol. The highest BCUT2D eigenvalue weighted by molar-refractivity contribution is 7.92. The normalized spacial score (nSPS) is 11.4. The first-order valence-electron chi connectivity index (χ1n) is 8.46. The van der Waals surface area contributed by atoms with Crippen LogP contribution in [0.1, 0.15) is 5.56 Å². The van der Waals surface area contributed by atoms with Crippen LogP contribution in [0.25, 0.3) is 0 Å². The molecule has 2 aromatic carbocycles. The Morgan fingerprint density at radius 3 is 2.19 bits per heavy atom. The number of aryl methyl sites for hydroxylation is 1. The van der Waals surface area contributed by atoms with E-state index in [4.69, 9.17) is 11.6 Å². The molecule has 0 heterocycles. The summed E-state index contributed by atoms with van der Waals surface area (Å²) in [4.78, 5) is 14.4. The third-order valence-corrected chi connectivity index (χ3v) is 5.93. The van der Waals surface area contributed by atoms with Gasteiger partial charge in [-0.05, 0) is 57.4 Å². The van der Waals surface area contributed by atoms with Crippen LogP contribution < -0.4 is 9.62 Å². The lowest BCUT2D eigenvalue weighted by molar-refractivity contribution is -0.119. The van der Waals surface area contributed by atoms with Gasteiger partial charge in [-0.2, -0.15) is 0 Å². The molecular weight excluding hydrogens is 386 g/mol. The summed E-state index contributed by atoms with van der Waals surface area (Å²) < 4.78 is 27.4. The number of rotatable bonds is 8. The number of carbonyl (C=O) groups excluding carboxylic acids is 1. The number of halogens is 1. The number of anilines is 1. The molecule has 0 aromatic heterocycles. The molecule has 27 heavy (non-hydrogen) atoms. The first kappa shape index (κ1) is 21.2. The Kier molecular flexibility index (Phi) is 7.24. The van der Waals surface area contributed by atoms with E-state index in [1.54, 1.807) is 36.4 Å². The van der Waals surface area contributed by atoms with Gasteiger partial charge in [0.1, 0.15) is 6.54 Å². The van der Waals surface area contributed by atoms with Crippen molar-refractivity contribution in [2.24, 2.45) is 0 Å². The molecule has 0 aliphatic rings. The number of hydrogen-bond acceptors (Lipinski definition) is 4. The van der Waals surface area contributed by atoms with E-state index < -0.39 is 10.0 Å². The summed E-state index contributed by atoms with van der Waals surface area (Å²) >= 11 is 5.92. The Hall–Kier alpha value is -2.09. The summed E-state index contributed by atoms with van der Waals surface area (Å²) in [7, 11) is -0.107. The van der Waals surface area contributed by atoms with Crippen LogP contribution >= 0.6 is 11.6 Å². The topological polar surface area (TPSA) is 69.7 Å². The number of nitrogens with zero attached hydrogens (tertiary/aromatic N) is 2. The van der Waals surface area contributed by atoms with Crippen molar-refractivity contribution < 1.29 is 13.2 Å². The summed E-state index contributed by atoms with van der Waals surface area (Å²) in [5.41, 5.74) is 1.33. The Morgan fingerprint density at radius 1 is 1.04 bits per heavy atom. The molecule has 0 aliphatic carbocycles. The van der Waals surface area contributed by atoms with Crippen LogP contribution in [0.5, 0.6) is 0 Å². The quantitative estimate of drug-likeness (QED) is 0.727. The van der Waals surface area contributed by atoms with Gasteiger partial charge >= 0.3 is 0 Å². The summed E-state index contributed by atoms with van der Waals surface area (Å²) in [5, 5.41) is 3.23. The van der Waals surface area contributed by atoms with Crippen molar-refractivity contribution in [3.05, 3.63) is 59.1 Å². The van der Waals surface area contributed by atoms with Gasteiger partial charge in [-0.1, -0.05) is 29.3 Å². The fourth-order valence-electron chi connectivity index (χ4n) is 2.37. The van der Waals surface area contributed by atoms with E-state index in [0.717, 1.165) is 9.87 Å². The van der Waals surface area contributed by atoms with Crippen LogP contribution in [-0.4, -0.2) is 53.0 Å². The Morgan fingerprint density at radius 2 is 1.63 bits per heavy atom. The Balaban J connectivity index is 2.30. The lowest BCUT2D eigenvalue weighted by atomic mass is 10.2. The predicted octanol–water partition coefficient (Wildman–Crippen LogP) is 2.52. The van der Waals surface area contributed by atoms with Gasteiger partial charge < -0.3 is 10.2 Å². The van der Waals surface area contributed by atoms with Crippen LogP contribution in [0.15, 0.2) is 53.4 Å². The SMILES string of the molecule is Cc1ccc(S(=O)(=O)N(CC(=O)NCCN(C)C)c2ccc(Cl)cc2)cc1. The molecule has 8 heteroatoms. The van der Waals surface area contributed by atoms with Crippen molar-refractivity contribution in [1.29, 1.82) is 0 Å². The third kappa shape index (κ3) is 5.95. The largest absolute Gasteiger partial charge is 0.353 e. The second-order valence-corrected chi connectivity index (χ2v) is 8.75. The molecule has 2 rings (SSSR count). The molecule has 0 unspecified atom stereocenters. The maximum Gasteiger partial charge on any atom is 0.264 e. The molecule has 0 fully saturated rings. The number of nitrogens with one attached hydrogen (secondary N) is 1. The molecular formula is C19H24ClN3O3S. The number of hydrogen-bond donors (Lipinski definition) is 1. The number of sulfonamides is 1. The molecule has 1 amide bonds. The van der Waals surface area contributed by atoms with Crippen LogP contribution in [0.2, 0.25) is 5.02 Å². The fourth-order valence-corrected chi connectivity index (χ4v) is 3.91. The van der Waals surface area contributed by atoms with Gasteiger partial charge in [0.25, 0.3) is 10.0 Å². The highest BCUT2D eigenvalue weighted by Gasteiger charge is 2.27. The maximum absolute atomic E-state index is 13.2. The molecule has 1 N–H and O–H groups in total. The molecule has 146 valence electrons. The minimum Gasteiger partial charge on any atom is -0.353 e. The van der Waals surface area contributed by atoms with Crippen molar-refractivity contribution in [3.8, 4) is 0 Å². The van der Waals surface area contributed by atoms with Gasteiger partial charge in [0, 0.05) is 18.1 Å². The standard InChI is InChI=1S/C19H24ClN3O3S/c1-15-4-10-18(11-5-15)27(25,26)23(17-8-6-16(20)7-9-17)14-19(24)21-12-13-22(2)3/h4-11H,12-14H2,1-3H3,(H,21,24). The minimum absolute atomic E-state index is 0.129. The summed E-state index contributed by atoms with van der Waals surface area (Å²) in [6.45, 7) is 2.67. The van der Waals surface area contributed by atoms with E-state index in [9.17, 15) is 13.2 Å². The van der Waals surface area contributed by atoms with Crippen molar-refractivity contribution in [1.82, 2.24) is 10.2 Å². The minimum atomic E-state index is -3.90. The zero-order chi connectivity index (χ0) is 20.0.